The van der Waals surface area contributed by atoms with Crippen molar-refractivity contribution in [2.75, 3.05) is 16.6 Å². The molecule has 162 valence electrons. The SMILES string of the molecule is CCc1cc(OC(F)(F)F)cc2[nH]c(-c3ccc(N4CCCS4(=O)=O)cc3)c(C#N)c12. The van der Waals surface area contributed by atoms with Gasteiger partial charge in [0.2, 0.25) is 10.0 Å². The molecule has 0 radical (unpaired) electrons. The van der Waals surface area contributed by atoms with Crippen molar-refractivity contribution in [3.05, 3.63) is 47.5 Å². The highest BCUT2D eigenvalue weighted by Gasteiger charge is 2.32. The lowest BCUT2D eigenvalue weighted by Crippen LogP contribution is -2.24. The van der Waals surface area contributed by atoms with Gasteiger partial charge in [0, 0.05) is 18.0 Å². The summed E-state index contributed by atoms with van der Waals surface area (Å²) in [5, 5.41) is 10.3. The zero-order valence-corrected chi connectivity index (χ0v) is 17.3. The number of aryl methyl sites for hydroxylation is 1. The van der Waals surface area contributed by atoms with E-state index in [1.54, 1.807) is 31.2 Å². The quantitative estimate of drug-likeness (QED) is 0.625. The second kappa shape index (κ2) is 7.50. The standard InChI is InChI=1S/C21H18F3N3O3S/c1-2-13-10-16(30-21(22,23)24)11-18-19(13)17(12-25)20(26-18)14-4-6-15(7-5-14)27-8-3-9-31(27,28)29/h4-7,10-11,26H,2-3,8-9H2,1H3. The molecule has 1 aromatic heterocycles. The van der Waals surface area contributed by atoms with Crippen molar-refractivity contribution in [2.24, 2.45) is 0 Å². The molecule has 1 N–H and O–H groups in total. The number of sulfonamides is 1. The Morgan fingerprint density at radius 3 is 2.48 bits per heavy atom. The molecule has 4 rings (SSSR count). The molecule has 0 aliphatic carbocycles. The normalized spacial score (nSPS) is 15.9. The van der Waals surface area contributed by atoms with Crippen molar-refractivity contribution >= 4 is 26.6 Å². The summed E-state index contributed by atoms with van der Waals surface area (Å²) in [5.74, 6) is -0.249. The van der Waals surface area contributed by atoms with Gasteiger partial charge in [-0.1, -0.05) is 19.1 Å². The van der Waals surface area contributed by atoms with E-state index in [4.69, 9.17) is 0 Å². The molecule has 1 aliphatic heterocycles. The number of H-pyrrole nitrogens is 1. The smallest absolute Gasteiger partial charge is 0.406 e. The van der Waals surface area contributed by atoms with Crippen LogP contribution in [0.2, 0.25) is 0 Å². The van der Waals surface area contributed by atoms with Gasteiger partial charge in [0.05, 0.1) is 28.2 Å². The zero-order chi connectivity index (χ0) is 22.4. The summed E-state index contributed by atoms with van der Waals surface area (Å²) in [7, 11) is -3.31. The van der Waals surface area contributed by atoms with E-state index in [1.807, 2.05) is 0 Å². The molecule has 0 spiro atoms. The van der Waals surface area contributed by atoms with E-state index in [9.17, 15) is 26.9 Å². The number of anilines is 1. The van der Waals surface area contributed by atoms with Crippen LogP contribution in [0.4, 0.5) is 18.9 Å². The number of hydrogen-bond donors (Lipinski definition) is 1. The summed E-state index contributed by atoms with van der Waals surface area (Å²) in [4.78, 5) is 3.04. The third kappa shape index (κ3) is 3.93. The fraction of sp³-hybridized carbons (Fsp3) is 0.286. The molecule has 0 unspecified atom stereocenters. The van der Waals surface area contributed by atoms with Crippen molar-refractivity contribution < 1.29 is 26.3 Å². The van der Waals surface area contributed by atoms with E-state index in [0.29, 0.717) is 58.4 Å². The lowest BCUT2D eigenvalue weighted by Gasteiger charge is -2.17. The van der Waals surface area contributed by atoms with Crippen LogP contribution in [0.25, 0.3) is 22.2 Å². The molecule has 1 saturated heterocycles. The summed E-state index contributed by atoms with van der Waals surface area (Å²) in [6, 6.07) is 11.3. The van der Waals surface area contributed by atoms with Gasteiger partial charge in [0.1, 0.15) is 11.8 Å². The van der Waals surface area contributed by atoms with Crippen LogP contribution in [-0.4, -0.2) is 32.1 Å². The molecule has 0 atom stereocenters. The average Bonchev–Trinajstić information content (AvgIpc) is 3.25. The fourth-order valence-corrected chi connectivity index (χ4v) is 5.48. The van der Waals surface area contributed by atoms with Gasteiger partial charge in [-0.25, -0.2) is 8.42 Å². The van der Waals surface area contributed by atoms with Gasteiger partial charge >= 0.3 is 6.36 Å². The van der Waals surface area contributed by atoms with Crippen LogP contribution < -0.4 is 9.04 Å². The number of aromatic nitrogens is 1. The highest BCUT2D eigenvalue weighted by molar-refractivity contribution is 7.93. The molecule has 1 aliphatic rings. The minimum Gasteiger partial charge on any atom is -0.406 e. The molecule has 1 fully saturated rings. The Bertz CT molecular complexity index is 1290. The van der Waals surface area contributed by atoms with Gasteiger partial charge in [0.15, 0.2) is 0 Å². The molecule has 2 aromatic carbocycles. The van der Waals surface area contributed by atoms with E-state index in [0.717, 1.165) is 0 Å². The Kier molecular flexibility index (Phi) is 5.09. The van der Waals surface area contributed by atoms with Gasteiger partial charge in [-0.2, -0.15) is 5.26 Å². The maximum Gasteiger partial charge on any atom is 0.573 e. The molecular formula is C21H18F3N3O3S. The zero-order valence-electron chi connectivity index (χ0n) is 16.5. The molecule has 6 nitrogen and oxygen atoms in total. The third-order valence-corrected chi connectivity index (χ3v) is 7.09. The van der Waals surface area contributed by atoms with Gasteiger partial charge in [-0.3, -0.25) is 4.31 Å². The molecule has 3 aromatic rings. The van der Waals surface area contributed by atoms with Crippen LogP contribution in [0, 0.1) is 11.3 Å². The number of alkyl halides is 3. The van der Waals surface area contributed by atoms with Crippen molar-refractivity contribution in [2.45, 2.75) is 26.1 Å². The topological polar surface area (TPSA) is 86.2 Å². The highest BCUT2D eigenvalue weighted by atomic mass is 32.2. The average molecular weight is 449 g/mol. The van der Waals surface area contributed by atoms with Gasteiger partial charge in [-0.15, -0.1) is 13.2 Å². The molecule has 10 heteroatoms. The van der Waals surface area contributed by atoms with Crippen molar-refractivity contribution in [1.29, 1.82) is 5.26 Å². The lowest BCUT2D eigenvalue weighted by atomic mass is 10.0. The molecule has 31 heavy (non-hydrogen) atoms. The largest absolute Gasteiger partial charge is 0.573 e. The molecule has 0 saturated carbocycles. The van der Waals surface area contributed by atoms with Crippen molar-refractivity contribution in [1.82, 2.24) is 4.98 Å². The van der Waals surface area contributed by atoms with Crippen LogP contribution in [0.5, 0.6) is 5.75 Å². The number of nitrogens with one attached hydrogen (secondary N) is 1. The predicted molar refractivity (Wildman–Crippen MR) is 110 cm³/mol. The van der Waals surface area contributed by atoms with Crippen LogP contribution in [0.1, 0.15) is 24.5 Å². The number of nitriles is 1. The third-order valence-electron chi connectivity index (χ3n) is 5.22. The predicted octanol–water partition coefficient (Wildman–Crippen LogP) is 4.71. The van der Waals surface area contributed by atoms with Crippen LogP contribution in [0.3, 0.4) is 0 Å². The summed E-state index contributed by atoms with van der Waals surface area (Å²) in [6.07, 6.45) is -3.85. The summed E-state index contributed by atoms with van der Waals surface area (Å²) < 4.78 is 67.7. The van der Waals surface area contributed by atoms with Crippen LogP contribution in [-0.2, 0) is 16.4 Å². The molecule has 0 amide bonds. The molecule has 2 heterocycles. The van der Waals surface area contributed by atoms with Crippen LogP contribution in [0.15, 0.2) is 36.4 Å². The van der Waals surface area contributed by atoms with Crippen LogP contribution >= 0.6 is 0 Å². The number of nitrogens with zero attached hydrogens (tertiary/aromatic N) is 2. The number of benzene rings is 2. The number of fused-ring (bicyclic) bond motifs is 1. The van der Waals surface area contributed by atoms with Gasteiger partial charge < -0.3 is 9.72 Å². The Balaban J connectivity index is 1.80. The minimum absolute atomic E-state index is 0.109. The number of ether oxygens (including phenoxy) is 1. The number of rotatable bonds is 4. The number of aromatic amines is 1. The second-order valence-corrected chi connectivity index (χ2v) is 9.19. The monoisotopic (exact) mass is 449 g/mol. The second-order valence-electron chi connectivity index (χ2n) is 7.18. The number of hydrogen-bond acceptors (Lipinski definition) is 4. The van der Waals surface area contributed by atoms with Crippen molar-refractivity contribution in [3.63, 3.8) is 0 Å². The Morgan fingerprint density at radius 2 is 1.94 bits per heavy atom. The highest BCUT2D eigenvalue weighted by Crippen LogP contribution is 2.37. The van der Waals surface area contributed by atoms with E-state index < -0.39 is 16.4 Å². The minimum atomic E-state index is -4.82. The summed E-state index contributed by atoms with van der Waals surface area (Å²) in [5.41, 5.74) is 2.82. The summed E-state index contributed by atoms with van der Waals surface area (Å²) >= 11 is 0. The van der Waals surface area contributed by atoms with E-state index >= 15 is 0 Å². The van der Waals surface area contributed by atoms with E-state index in [-0.39, 0.29) is 11.5 Å². The maximum absolute atomic E-state index is 12.7. The first-order valence-corrected chi connectivity index (χ1v) is 11.2. The Labute approximate surface area is 176 Å². The molecular weight excluding hydrogens is 431 g/mol. The lowest BCUT2D eigenvalue weighted by molar-refractivity contribution is -0.274. The maximum atomic E-state index is 12.7. The van der Waals surface area contributed by atoms with E-state index in [2.05, 4.69) is 15.8 Å². The van der Waals surface area contributed by atoms with Gasteiger partial charge in [-0.05, 0) is 42.2 Å². The Hall–Kier alpha value is -3.19. The Morgan fingerprint density at radius 1 is 1.23 bits per heavy atom. The van der Waals surface area contributed by atoms with Gasteiger partial charge in [0.25, 0.3) is 0 Å². The fourth-order valence-electron chi connectivity index (χ4n) is 3.91. The summed E-state index contributed by atoms with van der Waals surface area (Å²) in [6.45, 7) is 2.20. The molecule has 0 bridgehead atoms. The number of halogens is 3. The first-order chi connectivity index (χ1) is 14.6. The first-order valence-electron chi connectivity index (χ1n) is 9.58. The van der Waals surface area contributed by atoms with Crippen molar-refractivity contribution in [3.8, 4) is 23.1 Å². The van der Waals surface area contributed by atoms with E-state index in [1.165, 1.54) is 16.4 Å². The first kappa shape index (κ1) is 21.1.